The van der Waals surface area contributed by atoms with Gasteiger partial charge in [0.2, 0.25) is 0 Å². The van der Waals surface area contributed by atoms with Crippen LogP contribution in [0.1, 0.15) is 0 Å². The number of aliphatic hydroxyl groups is 24. The molecular weight excluding hydrogens is 898 g/mol. The van der Waals surface area contributed by atoms with E-state index in [-0.39, 0.29) is 46.9 Å². The van der Waals surface area contributed by atoms with Gasteiger partial charge in [-0.25, -0.2) is 0 Å². The number of rotatable bonds is 24. The largest absolute Gasteiger partial charge is 3.00 e. The molecule has 0 aromatic heterocycles. The summed E-state index contributed by atoms with van der Waals surface area (Å²) in [6.45, 7) is -3.59. The van der Waals surface area contributed by atoms with Crippen LogP contribution in [0, 0.1) is 0 Å². The fourth-order valence-electron chi connectivity index (χ4n) is 3.46. The zero-order chi connectivity index (χ0) is 48.7. The van der Waals surface area contributed by atoms with Gasteiger partial charge in [-0.05, 0) is 0 Å². The average Bonchev–Trinajstić information content (AvgIpc) is 3.23. The summed E-state index contributed by atoms with van der Waals surface area (Å²) in [7, 11) is 0. The van der Waals surface area contributed by atoms with Crippen LogP contribution in [0.3, 0.4) is 0 Å². The molecule has 0 aliphatic carbocycles. The van der Waals surface area contributed by atoms with Gasteiger partial charge in [0.05, 0.1) is 50.3 Å². The third kappa shape index (κ3) is 25.8. The van der Waals surface area contributed by atoms with Crippen molar-refractivity contribution in [2.24, 2.45) is 0 Å². The zero-order valence-electron chi connectivity index (χ0n) is 32.0. The van der Waals surface area contributed by atoms with E-state index in [0.29, 0.717) is 0 Å². The molecule has 0 aromatic rings. The summed E-state index contributed by atoms with van der Waals surface area (Å²) in [5.41, 5.74) is 0. The molecule has 0 amide bonds. The van der Waals surface area contributed by atoms with Crippen molar-refractivity contribution in [3.05, 3.63) is 0 Å². The summed E-state index contributed by atoms with van der Waals surface area (Å²) in [6, 6.07) is 0. The molecule has 0 fully saturated rings. The van der Waals surface area contributed by atoms with Crippen molar-refractivity contribution in [3.63, 3.8) is 0 Å². The van der Waals surface area contributed by atoms with E-state index in [0.717, 1.165) is 0 Å². The molecule has 0 spiro atoms. The molecular formula is C28H52AlNaO32. The van der Waals surface area contributed by atoms with Gasteiger partial charge in [0.1, 0.15) is 122 Å². The number of carboxylic acid groups (broad SMARTS) is 4. The Morgan fingerprint density at radius 2 is 0.387 bits per heavy atom. The minimum atomic E-state index is -2.40. The van der Waals surface area contributed by atoms with Gasteiger partial charge in [-0.15, -0.1) is 0 Å². The van der Waals surface area contributed by atoms with Gasteiger partial charge in [-0.2, -0.15) is 0 Å². The number of aliphatic hydroxyl groups excluding tert-OH is 24. The fourth-order valence-corrected chi connectivity index (χ4v) is 3.46. The molecule has 0 saturated carbocycles. The maximum Gasteiger partial charge on any atom is 3.00 e. The van der Waals surface area contributed by atoms with Gasteiger partial charge in [-0.1, -0.05) is 0 Å². The van der Waals surface area contributed by atoms with Crippen LogP contribution in [0.2, 0.25) is 0 Å². The Balaban J connectivity index is -0.000000167. The molecule has 34 heteroatoms. The van der Waals surface area contributed by atoms with Crippen molar-refractivity contribution >= 4 is 41.2 Å². The van der Waals surface area contributed by atoms with Crippen molar-refractivity contribution in [1.82, 2.24) is 0 Å². The Labute approximate surface area is 380 Å². The topological polar surface area (TPSA) is 646 Å². The van der Waals surface area contributed by atoms with E-state index in [1.165, 1.54) is 0 Å². The molecule has 0 aliphatic rings. The molecule has 20 atom stereocenters. The number of hydrogen-bond donors (Lipinski definition) is 24. The Kier molecular flexibility index (Phi) is 42.6. The first-order chi connectivity index (χ1) is 27.3. The van der Waals surface area contributed by atoms with Crippen LogP contribution in [0.25, 0.3) is 0 Å². The predicted octanol–water partition coefficient (Wildman–Crippen LogP) is -25.2. The van der Waals surface area contributed by atoms with Crippen LogP contribution >= 0.6 is 0 Å². The SMILES string of the molecule is O=C([O-])[C@H](O)[C@H](O)[C@H](O)[C@@H](O)[C@H](O)CO.O=C([O-])[C@H](O)[C@H](O)[C@H](O)[C@@H](O)[C@H](O)CO.O=C([O-])[C@H](O)[C@H](O)[C@H](O)[C@@H](O)[C@H](O)CO.O=C([O-])[C@H](O)[C@H](O)[C@H](O)[C@@H](O)[C@H](O)CO.[Al+3].[Na+]. The van der Waals surface area contributed by atoms with E-state index in [9.17, 15) is 39.6 Å². The van der Waals surface area contributed by atoms with Crippen molar-refractivity contribution < 1.29 is 192 Å². The molecule has 32 nitrogen and oxygen atoms in total. The van der Waals surface area contributed by atoms with Crippen LogP contribution < -0.4 is 50.0 Å². The van der Waals surface area contributed by atoms with Gasteiger partial charge in [-0.3, -0.25) is 0 Å². The van der Waals surface area contributed by atoms with Crippen LogP contribution in [0.4, 0.5) is 0 Å². The molecule has 24 N–H and O–H groups in total. The van der Waals surface area contributed by atoms with Gasteiger partial charge in [0, 0.05) is 0 Å². The van der Waals surface area contributed by atoms with Crippen molar-refractivity contribution in [3.8, 4) is 0 Å². The molecule has 0 saturated heterocycles. The molecule has 0 aromatic carbocycles. The second kappa shape index (κ2) is 36.6. The Morgan fingerprint density at radius 1 is 0.274 bits per heavy atom. The second-order valence-corrected chi connectivity index (χ2v) is 11.9. The number of carbonyl (C=O) groups excluding carboxylic acids is 4. The minimum Gasteiger partial charge on any atom is -0.547 e. The maximum atomic E-state index is 10.1. The molecule has 0 bridgehead atoms. The minimum absolute atomic E-state index is 0. The van der Waals surface area contributed by atoms with Crippen LogP contribution in [-0.4, -0.2) is 312 Å². The molecule has 0 unspecified atom stereocenters. The van der Waals surface area contributed by atoms with E-state index in [1.807, 2.05) is 0 Å². The van der Waals surface area contributed by atoms with Crippen molar-refractivity contribution in [2.75, 3.05) is 26.4 Å². The molecule has 0 heterocycles. The summed E-state index contributed by atoms with van der Waals surface area (Å²) in [4.78, 5) is 40.3. The van der Waals surface area contributed by atoms with Crippen LogP contribution in [-0.2, 0) is 19.2 Å². The first kappa shape index (κ1) is 72.1. The normalized spacial score (nSPS) is 20.8. The quantitative estimate of drug-likeness (QED) is 0.0400. The molecule has 360 valence electrons. The number of carboxylic acids is 4. The van der Waals surface area contributed by atoms with E-state index in [2.05, 4.69) is 0 Å². The van der Waals surface area contributed by atoms with E-state index in [4.69, 9.17) is 123 Å². The van der Waals surface area contributed by atoms with Gasteiger partial charge in [0.25, 0.3) is 0 Å². The van der Waals surface area contributed by atoms with Crippen LogP contribution in [0.5, 0.6) is 0 Å². The fraction of sp³-hybridized carbons (Fsp3) is 0.857. The van der Waals surface area contributed by atoms with E-state index >= 15 is 0 Å². The molecule has 62 heavy (non-hydrogen) atoms. The summed E-state index contributed by atoms with van der Waals surface area (Å²) < 4.78 is 0. The Morgan fingerprint density at radius 3 is 0.468 bits per heavy atom. The monoisotopic (exact) mass is 950 g/mol. The Bertz CT molecular complexity index is 1020. The van der Waals surface area contributed by atoms with E-state index < -0.39 is 172 Å². The van der Waals surface area contributed by atoms with Gasteiger partial charge in [0.15, 0.2) is 0 Å². The third-order valence-electron chi connectivity index (χ3n) is 7.38. The van der Waals surface area contributed by atoms with Crippen molar-refractivity contribution in [2.45, 2.75) is 122 Å². The maximum absolute atomic E-state index is 10.1. The molecule has 0 rings (SSSR count). The number of hydrogen-bond acceptors (Lipinski definition) is 32. The number of aliphatic carboxylic acids is 4. The standard InChI is InChI=1S/4C7H14O8.Al.Na/c4*8-1-2(9)3(10)4(11)5(12)6(13)7(14)15;;/h4*2-6,8-13H,1H2,(H,14,15);;/q;;;;+3;+1/p-4/t4*2-,3+,4-,5-,6-;;/m1111../s1. The number of carbonyl (C=O) groups is 4. The van der Waals surface area contributed by atoms with E-state index in [1.54, 1.807) is 0 Å². The molecule has 0 aliphatic heterocycles. The summed E-state index contributed by atoms with van der Waals surface area (Å²) >= 11 is 0. The van der Waals surface area contributed by atoms with Crippen molar-refractivity contribution in [1.29, 1.82) is 0 Å². The zero-order valence-corrected chi connectivity index (χ0v) is 35.1. The predicted molar refractivity (Wildman–Crippen MR) is 174 cm³/mol. The van der Waals surface area contributed by atoms with Crippen LogP contribution in [0.15, 0.2) is 0 Å². The summed E-state index contributed by atoms with van der Waals surface area (Å²) in [5, 5.41) is 253. The Hall–Kier alpha value is -1.55. The average molecular weight is 951 g/mol. The first-order valence-electron chi connectivity index (χ1n) is 16.2. The summed E-state index contributed by atoms with van der Waals surface area (Å²) in [5.74, 6) is -8.14. The summed E-state index contributed by atoms with van der Waals surface area (Å²) in [6.07, 6.45) is -42.0. The smallest absolute Gasteiger partial charge is 0.547 e. The first-order valence-corrected chi connectivity index (χ1v) is 16.2. The van der Waals surface area contributed by atoms with Gasteiger partial charge < -0.3 is 162 Å². The van der Waals surface area contributed by atoms with Gasteiger partial charge >= 0.3 is 46.9 Å². The molecule has 0 radical (unpaired) electrons. The second-order valence-electron chi connectivity index (χ2n) is 11.9. The third-order valence-corrected chi connectivity index (χ3v) is 7.38.